The van der Waals surface area contributed by atoms with E-state index < -0.39 is 0 Å². The highest BCUT2D eigenvalue weighted by Gasteiger charge is 2.24. The number of allylic oxidation sites excluding steroid dienone is 1. The summed E-state index contributed by atoms with van der Waals surface area (Å²) in [4.78, 5) is 20.6. The van der Waals surface area contributed by atoms with Gasteiger partial charge in [-0.15, -0.1) is 0 Å². The maximum Gasteiger partial charge on any atom is 0.254 e. The summed E-state index contributed by atoms with van der Waals surface area (Å²) in [5.74, 6) is 0.0466. The molecule has 21 heavy (non-hydrogen) atoms. The number of hydrogen-bond acceptors (Lipinski definition) is 4. The lowest BCUT2D eigenvalue weighted by atomic mass is 9.86. The van der Waals surface area contributed by atoms with Crippen LogP contribution in [0.3, 0.4) is 0 Å². The zero-order valence-corrected chi connectivity index (χ0v) is 12.0. The number of H-pyrrole nitrogens is 1. The van der Waals surface area contributed by atoms with Crippen molar-refractivity contribution in [1.29, 1.82) is 0 Å². The van der Waals surface area contributed by atoms with Crippen molar-refractivity contribution in [2.75, 3.05) is 19.0 Å². The number of aliphatic hydroxyl groups excluding tert-OH is 1. The van der Waals surface area contributed by atoms with Crippen LogP contribution in [0.1, 0.15) is 22.7 Å². The van der Waals surface area contributed by atoms with E-state index in [9.17, 15) is 9.90 Å². The van der Waals surface area contributed by atoms with E-state index in [1.165, 1.54) is 6.33 Å². The van der Waals surface area contributed by atoms with Crippen LogP contribution in [0, 0.1) is 0 Å². The lowest BCUT2D eigenvalue weighted by Crippen LogP contribution is -2.22. The van der Waals surface area contributed by atoms with Crippen LogP contribution < -0.4 is 10.5 Å². The van der Waals surface area contributed by atoms with E-state index >= 15 is 0 Å². The lowest BCUT2D eigenvalue weighted by molar-refractivity contribution is 0.496. The number of aromatic amines is 1. The quantitative estimate of drug-likeness (QED) is 0.885. The van der Waals surface area contributed by atoms with Gasteiger partial charge >= 0.3 is 0 Å². The minimum Gasteiger partial charge on any atom is -0.506 e. The summed E-state index contributed by atoms with van der Waals surface area (Å²) in [7, 11) is 3.97. The SMILES string of the molecule is CN(C)c1cccc(C2C=C(O)c3nc[nH]c(=O)c3C2)c1. The predicted octanol–water partition coefficient (Wildman–Crippen LogP) is 2.07. The predicted molar refractivity (Wildman–Crippen MR) is 82.7 cm³/mol. The number of fused-ring (bicyclic) bond motifs is 1. The molecule has 0 saturated carbocycles. The standard InChI is InChI=1S/C16H17N3O2/c1-19(2)12-5-3-4-10(6-12)11-7-13-15(14(20)8-11)17-9-18-16(13)21/h3-6,8-9,11,20H,7H2,1-2H3,(H,17,18,21). The van der Waals surface area contributed by atoms with Gasteiger partial charge in [0.2, 0.25) is 0 Å². The molecule has 1 unspecified atom stereocenters. The van der Waals surface area contributed by atoms with E-state index in [1.54, 1.807) is 6.08 Å². The summed E-state index contributed by atoms with van der Waals surface area (Å²) in [6, 6.07) is 8.09. The smallest absolute Gasteiger partial charge is 0.254 e. The van der Waals surface area contributed by atoms with Crippen LogP contribution in [0.25, 0.3) is 5.76 Å². The number of aromatic nitrogens is 2. The minimum absolute atomic E-state index is 0.0253. The molecule has 2 aromatic rings. The zero-order chi connectivity index (χ0) is 15.0. The Morgan fingerprint density at radius 2 is 2.19 bits per heavy atom. The van der Waals surface area contributed by atoms with Gasteiger partial charge in [0.15, 0.2) is 0 Å². The van der Waals surface area contributed by atoms with Crippen molar-refractivity contribution in [3.8, 4) is 0 Å². The molecule has 1 aliphatic carbocycles. The molecular weight excluding hydrogens is 266 g/mol. The number of rotatable bonds is 2. The second-order valence-corrected chi connectivity index (χ2v) is 5.41. The Labute approximate surface area is 122 Å². The highest BCUT2D eigenvalue weighted by molar-refractivity contribution is 5.62. The number of nitrogens with zero attached hydrogens (tertiary/aromatic N) is 2. The van der Waals surface area contributed by atoms with Gasteiger partial charge in [0.05, 0.1) is 6.33 Å². The van der Waals surface area contributed by atoms with Crippen molar-refractivity contribution in [2.45, 2.75) is 12.3 Å². The van der Waals surface area contributed by atoms with Crippen LogP contribution in [0.2, 0.25) is 0 Å². The third-order valence-corrected chi connectivity index (χ3v) is 3.79. The van der Waals surface area contributed by atoms with Crippen LogP contribution >= 0.6 is 0 Å². The van der Waals surface area contributed by atoms with Gasteiger partial charge in [-0.2, -0.15) is 0 Å². The van der Waals surface area contributed by atoms with Gasteiger partial charge in [0.1, 0.15) is 11.5 Å². The molecule has 1 aromatic carbocycles. The molecule has 1 heterocycles. The lowest BCUT2D eigenvalue weighted by Gasteiger charge is -2.21. The monoisotopic (exact) mass is 283 g/mol. The van der Waals surface area contributed by atoms with E-state index in [1.807, 2.05) is 37.2 Å². The summed E-state index contributed by atoms with van der Waals surface area (Å²) in [6.45, 7) is 0. The average molecular weight is 283 g/mol. The number of anilines is 1. The van der Waals surface area contributed by atoms with E-state index in [0.717, 1.165) is 11.3 Å². The molecule has 5 nitrogen and oxygen atoms in total. The van der Waals surface area contributed by atoms with Gasteiger partial charge in [0, 0.05) is 31.3 Å². The molecule has 2 N–H and O–H groups in total. The summed E-state index contributed by atoms with van der Waals surface area (Å²) in [6.07, 6.45) is 3.63. The topological polar surface area (TPSA) is 69.2 Å². The molecule has 5 heteroatoms. The normalized spacial score (nSPS) is 17.0. The third-order valence-electron chi connectivity index (χ3n) is 3.79. The molecular formula is C16H17N3O2. The highest BCUT2D eigenvalue weighted by Crippen LogP contribution is 2.32. The highest BCUT2D eigenvalue weighted by atomic mass is 16.3. The molecule has 0 aliphatic heterocycles. The Kier molecular flexibility index (Phi) is 3.25. The van der Waals surface area contributed by atoms with Crippen molar-refractivity contribution in [3.05, 3.63) is 63.8 Å². The molecule has 1 atom stereocenters. The second-order valence-electron chi connectivity index (χ2n) is 5.41. The molecule has 0 amide bonds. The molecule has 0 radical (unpaired) electrons. The summed E-state index contributed by atoms with van der Waals surface area (Å²) < 4.78 is 0. The van der Waals surface area contributed by atoms with Gasteiger partial charge in [-0.3, -0.25) is 4.79 Å². The summed E-state index contributed by atoms with van der Waals surface area (Å²) in [5, 5.41) is 10.1. The third kappa shape index (κ3) is 2.42. The molecule has 3 rings (SSSR count). The number of benzene rings is 1. The summed E-state index contributed by atoms with van der Waals surface area (Å²) >= 11 is 0. The minimum atomic E-state index is -0.187. The number of aliphatic hydroxyl groups is 1. The first kappa shape index (κ1) is 13.4. The van der Waals surface area contributed by atoms with Gasteiger partial charge in [0.25, 0.3) is 5.56 Å². The molecule has 0 fully saturated rings. The van der Waals surface area contributed by atoms with Gasteiger partial charge in [-0.05, 0) is 30.2 Å². The van der Waals surface area contributed by atoms with Crippen LogP contribution in [0.4, 0.5) is 5.69 Å². The van der Waals surface area contributed by atoms with Crippen molar-refractivity contribution >= 4 is 11.4 Å². The van der Waals surface area contributed by atoms with Crippen molar-refractivity contribution in [1.82, 2.24) is 9.97 Å². The average Bonchev–Trinajstić information content (AvgIpc) is 2.48. The van der Waals surface area contributed by atoms with Crippen LogP contribution in [0.5, 0.6) is 0 Å². The van der Waals surface area contributed by atoms with E-state index in [2.05, 4.69) is 16.0 Å². The van der Waals surface area contributed by atoms with Crippen molar-refractivity contribution in [3.63, 3.8) is 0 Å². The number of hydrogen-bond donors (Lipinski definition) is 2. The Hall–Kier alpha value is -2.56. The van der Waals surface area contributed by atoms with E-state index in [4.69, 9.17) is 0 Å². The Balaban J connectivity index is 2.03. The first-order valence-corrected chi connectivity index (χ1v) is 6.81. The first-order chi connectivity index (χ1) is 10.1. The Morgan fingerprint density at radius 3 is 2.95 bits per heavy atom. The second kappa shape index (κ2) is 5.09. The Bertz CT molecular complexity index is 762. The van der Waals surface area contributed by atoms with E-state index in [0.29, 0.717) is 17.7 Å². The van der Waals surface area contributed by atoms with Crippen molar-refractivity contribution in [2.24, 2.45) is 0 Å². The molecule has 0 spiro atoms. The van der Waals surface area contributed by atoms with Gasteiger partial charge in [-0.25, -0.2) is 4.98 Å². The molecule has 1 aromatic heterocycles. The zero-order valence-electron chi connectivity index (χ0n) is 12.0. The van der Waals surface area contributed by atoms with E-state index in [-0.39, 0.29) is 17.2 Å². The van der Waals surface area contributed by atoms with Crippen LogP contribution in [-0.2, 0) is 6.42 Å². The molecule has 0 saturated heterocycles. The van der Waals surface area contributed by atoms with Gasteiger partial charge < -0.3 is 15.0 Å². The number of nitrogens with one attached hydrogen (secondary N) is 1. The Morgan fingerprint density at radius 1 is 1.38 bits per heavy atom. The van der Waals surface area contributed by atoms with Crippen LogP contribution in [-0.4, -0.2) is 29.2 Å². The van der Waals surface area contributed by atoms with Crippen molar-refractivity contribution < 1.29 is 5.11 Å². The fourth-order valence-electron chi connectivity index (χ4n) is 2.63. The molecule has 0 bridgehead atoms. The maximum atomic E-state index is 11.9. The first-order valence-electron chi connectivity index (χ1n) is 6.81. The largest absolute Gasteiger partial charge is 0.506 e. The fourth-order valence-corrected chi connectivity index (χ4v) is 2.63. The van der Waals surface area contributed by atoms with Crippen LogP contribution in [0.15, 0.2) is 41.5 Å². The van der Waals surface area contributed by atoms with Gasteiger partial charge in [-0.1, -0.05) is 12.1 Å². The molecule has 1 aliphatic rings. The fraction of sp³-hybridized carbons (Fsp3) is 0.250. The molecule has 108 valence electrons. The summed E-state index contributed by atoms with van der Waals surface area (Å²) in [5.41, 5.74) is 2.90. The maximum absolute atomic E-state index is 11.9.